The van der Waals surface area contributed by atoms with Gasteiger partial charge in [-0.05, 0) is 31.7 Å². The molecule has 2 atom stereocenters. The maximum absolute atomic E-state index is 3.71. The van der Waals surface area contributed by atoms with Crippen molar-refractivity contribution in [2.24, 2.45) is 5.92 Å². The van der Waals surface area contributed by atoms with Crippen molar-refractivity contribution in [3.8, 4) is 0 Å². The van der Waals surface area contributed by atoms with Crippen molar-refractivity contribution >= 4 is 0 Å². The Kier molecular flexibility index (Phi) is 5.45. The molecule has 0 spiro atoms. The van der Waals surface area contributed by atoms with Gasteiger partial charge in [0.1, 0.15) is 0 Å². The summed E-state index contributed by atoms with van der Waals surface area (Å²) in [4.78, 5) is 0. The summed E-state index contributed by atoms with van der Waals surface area (Å²) in [7, 11) is 0. The molecule has 1 N–H and O–H groups in total. The van der Waals surface area contributed by atoms with E-state index < -0.39 is 0 Å². The zero-order valence-electron chi connectivity index (χ0n) is 9.31. The van der Waals surface area contributed by atoms with Crippen molar-refractivity contribution in [2.75, 3.05) is 6.54 Å². The fourth-order valence-electron chi connectivity index (χ4n) is 2.28. The Morgan fingerprint density at radius 3 is 2.62 bits per heavy atom. The summed E-state index contributed by atoms with van der Waals surface area (Å²) in [6.07, 6.45) is 9.82. The van der Waals surface area contributed by atoms with E-state index in [9.17, 15) is 0 Å². The van der Waals surface area contributed by atoms with E-state index in [0.29, 0.717) is 0 Å². The highest BCUT2D eigenvalue weighted by molar-refractivity contribution is 4.77. The fraction of sp³-hybridized carbons (Fsp3) is 1.00. The molecular weight excluding hydrogens is 158 g/mol. The van der Waals surface area contributed by atoms with Gasteiger partial charge in [0.2, 0.25) is 0 Å². The summed E-state index contributed by atoms with van der Waals surface area (Å²) in [5.74, 6) is 0.912. The van der Waals surface area contributed by atoms with Crippen LogP contribution in [-0.4, -0.2) is 12.6 Å². The van der Waals surface area contributed by atoms with Crippen LogP contribution in [0.2, 0.25) is 0 Å². The van der Waals surface area contributed by atoms with Crippen LogP contribution in [0.3, 0.4) is 0 Å². The second-order valence-electron chi connectivity index (χ2n) is 4.53. The second kappa shape index (κ2) is 6.42. The molecule has 0 aromatic carbocycles. The van der Waals surface area contributed by atoms with Crippen LogP contribution < -0.4 is 5.32 Å². The average molecular weight is 183 g/mol. The number of unbranched alkanes of at least 4 members (excludes halogenated alkanes) is 2. The predicted octanol–water partition coefficient (Wildman–Crippen LogP) is 3.34. The standard InChI is InChI=1S/C12H25N/c1-3-4-7-10-13-12-9-6-5-8-11(12)2/h11-13H,3-10H2,1-2H3/t11-,12-/m1/s1. The maximum atomic E-state index is 3.71. The van der Waals surface area contributed by atoms with Gasteiger partial charge in [0, 0.05) is 6.04 Å². The van der Waals surface area contributed by atoms with E-state index >= 15 is 0 Å². The average Bonchev–Trinajstić information content (AvgIpc) is 2.15. The number of hydrogen-bond donors (Lipinski definition) is 1. The summed E-state index contributed by atoms with van der Waals surface area (Å²) in [5.41, 5.74) is 0. The van der Waals surface area contributed by atoms with Gasteiger partial charge in [-0.25, -0.2) is 0 Å². The minimum atomic E-state index is 0.825. The van der Waals surface area contributed by atoms with Crippen LogP contribution in [0.4, 0.5) is 0 Å². The molecule has 0 unspecified atom stereocenters. The summed E-state index contributed by atoms with van der Waals surface area (Å²) in [6, 6.07) is 0.825. The Balaban J connectivity index is 2.05. The SMILES string of the molecule is CCCCCN[C@@H]1CCCC[C@H]1C. The Morgan fingerprint density at radius 1 is 1.15 bits per heavy atom. The molecule has 1 nitrogen and oxygen atoms in total. The molecule has 0 amide bonds. The van der Waals surface area contributed by atoms with Crippen LogP contribution in [0.25, 0.3) is 0 Å². The van der Waals surface area contributed by atoms with Crippen LogP contribution in [0.15, 0.2) is 0 Å². The molecule has 1 saturated carbocycles. The van der Waals surface area contributed by atoms with Gasteiger partial charge in [0.05, 0.1) is 0 Å². The smallest absolute Gasteiger partial charge is 0.00926 e. The lowest BCUT2D eigenvalue weighted by Crippen LogP contribution is -2.37. The molecule has 0 aromatic heterocycles. The molecule has 0 bridgehead atoms. The molecule has 0 aliphatic heterocycles. The van der Waals surface area contributed by atoms with Gasteiger partial charge in [-0.15, -0.1) is 0 Å². The zero-order chi connectivity index (χ0) is 9.52. The predicted molar refractivity (Wildman–Crippen MR) is 58.9 cm³/mol. The molecule has 13 heavy (non-hydrogen) atoms. The quantitative estimate of drug-likeness (QED) is 0.645. The Labute approximate surface area is 83.3 Å². The molecule has 78 valence electrons. The summed E-state index contributed by atoms with van der Waals surface area (Å²) in [6.45, 7) is 5.91. The third-order valence-corrected chi connectivity index (χ3v) is 3.30. The minimum Gasteiger partial charge on any atom is -0.314 e. The molecule has 1 rings (SSSR count). The monoisotopic (exact) mass is 183 g/mol. The zero-order valence-corrected chi connectivity index (χ0v) is 9.31. The third-order valence-electron chi connectivity index (χ3n) is 3.30. The first-order chi connectivity index (χ1) is 6.34. The number of nitrogens with one attached hydrogen (secondary N) is 1. The lowest BCUT2D eigenvalue weighted by atomic mass is 9.86. The summed E-state index contributed by atoms with van der Waals surface area (Å²) in [5, 5.41) is 3.71. The van der Waals surface area contributed by atoms with Crippen molar-refractivity contribution in [1.29, 1.82) is 0 Å². The maximum Gasteiger partial charge on any atom is 0.00926 e. The van der Waals surface area contributed by atoms with Crippen LogP contribution in [0.1, 0.15) is 58.8 Å². The number of rotatable bonds is 5. The van der Waals surface area contributed by atoms with Gasteiger partial charge in [0.15, 0.2) is 0 Å². The van der Waals surface area contributed by atoms with E-state index in [4.69, 9.17) is 0 Å². The second-order valence-corrected chi connectivity index (χ2v) is 4.53. The van der Waals surface area contributed by atoms with Crippen molar-refractivity contribution in [3.63, 3.8) is 0 Å². The van der Waals surface area contributed by atoms with Crippen molar-refractivity contribution in [2.45, 2.75) is 64.8 Å². The normalized spacial score (nSPS) is 29.1. The summed E-state index contributed by atoms with van der Waals surface area (Å²) >= 11 is 0. The van der Waals surface area contributed by atoms with Crippen molar-refractivity contribution < 1.29 is 0 Å². The van der Waals surface area contributed by atoms with Gasteiger partial charge in [-0.1, -0.05) is 39.5 Å². The van der Waals surface area contributed by atoms with Crippen LogP contribution in [0, 0.1) is 5.92 Å². The highest BCUT2D eigenvalue weighted by atomic mass is 14.9. The van der Waals surface area contributed by atoms with Crippen molar-refractivity contribution in [3.05, 3.63) is 0 Å². The van der Waals surface area contributed by atoms with Crippen molar-refractivity contribution in [1.82, 2.24) is 5.32 Å². The van der Waals surface area contributed by atoms with E-state index in [1.807, 2.05) is 0 Å². The first-order valence-electron chi connectivity index (χ1n) is 6.08. The highest BCUT2D eigenvalue weighted by Crippen LogP contribution is 2.23. The third kappa shape index (κ3) is 4.12. The van der Waals surface area contributed by atoms with Gasteiger partial charge in [-0.3, -0.25) is 0 Å². The van der Waals surface area contributed by atoms with E-state index in [1.54, 1.807) is 0 Å². The number of hydrogen-bond acceptors (Lipinski definition) is 1. The molecule has 0 saturated heterocycles. The first kappa shape index (κ1) is 11.0. The highest BCUT2D eigenvalue weighted by Gasteiger charge is 2.19. The van der Waals surface area contributed by atoms with Gasteiger partial charge < -0.3 is 5.32 Å². The van der Waals surface area contributed by atoms with E-state index in [-0.39, 0.29) is 0 Å². The van der Waals surface area contributed by atoms with Gasteiger partial charge in [0.25, 0.3) is 0 Å². The van der Waals surface area contributed by atoms with Gasteiger partial charge in [-0.2, -0.15) is 0 Å². The molecule has 0 heterocycles. The topological polar surface area (TPSA) is 12.0 Å². The largest absolute Gasteiger partial charge is 0.314 e. The Bertz CT molecular complexity index is 122. The van der Waals surface area contributed by atoms with Crippen LogP contribution in [-0.2, 0) is 0 Å². The lowest BCUT2D eigenvalue weighted by Gasteiger charge is -2.29. The molecular formula is C12H25N. The fourth-order valence-corrected chi connectivity index (χ4v) is 2.28. The molecule has 0 aromatic rings. The Hall–Kier alpha value is -0.0400. The van der Waals surface area contributed by atoms with Crippen LogP contribution in [0.5, 0.6) is 0 Å². The van der Waals surface area contributed by atoms with E-state index in [1.165, 1.54) is 51.5 Å². The van der Waals surface area contributed by atoms with E-state index in [0.717, 1.165) is 12.0 Å². The van der Waals surface area contributed by atoms with Gasteiger partial charge >= 0.3 is 0 Å². The Morgan fingerprint density at radius 2 is 1.92 bits per heavy atom. The molecule has 1 heteroatoms. The molecule has 0 radical (unpaired) electrons. The minimum absolute atomic E-state index is 0.825. The lowest BCUT2D eigenvalue weighted by molar-refractivity contribution is 0.280. The molecule has 1 aliphatic carbocycles. The molecule has 1 aliphatic rings. The summed E-state index contributed by atoms with van der Waals surface area (Å²) < 4.78 is 0. The first-order valence-corrected chi connectivity index (χ1v) is 6.08. The van der Waals surface area contributed by atoms with E-state index in [2.05, 4.69) is 19.2 Å². The van der Waals surface area contributed by atoms with Crippen LogP contribution >= 0.6 is 0 Å². The molecule has 1 fully saturated rings.